The molecule has 0 aliphatic carbocycles. The molecular formula is C58H43NO2. The molecule has 0 fully saturated rings. The lowest BCUT2D eigenvalue weighted by molar-refractivity contribution is 0.669. The Bertz CT molecular complexity index is 3300. The molecule has 0 saturated carbocycles. The van der Waals surface area contributed by atoms with E-state index in [9.17, 15) is 0 Å². The van der Waals surface area contributed by atoms with Crippen LogP contribution in [0, 0.1) is 0 Å². The minimum absolute atomic E-state index is 0.903. The molecule has 11 aromatic rings. The van der Waals surface area contributed by atoms with Crippen molar-refractivity contribution in [1.29, 1.82) is 0 Å². The lowest BCUT2D eigenvalue weighted by Crippen LogP contribution is -2.09. The number of aryl methyl sites for hydroxylation is 1. The predicted octanol–water partition coefficient (Wildman–Crippen LogP) is 17.0. The number of nitrogens with zero attached hydrogens (tertiary/aromatic N) is 1. The van der Waals surface area contributed by atoms with Crippen LogP contribution in [0.2, 0.25) is 0 Å². The number of rotatable bonds is 10. The molecule has 0 unspecified atom stereocenters. The number of hydrogen-bond acceptors (Lipinski definition) is 3. The third kappa shape index (κ3) is 6.75. The Kier molecular flexibility index (Phi) is 9.28. The van der Waals surface area contributed by atoms with Gasteiger partial charge in [-0.25, -0.2) is 0 Å². The third-order valence-corrected chi connectivity index (χ3v) is 12.1. The first-order valence-electron chi connectivity index (χ1n) is 21.3. The highest BCUT2D eigenvalue weighted by molar-refractivity contribution is 6.10. The minimum atomic E-state index is 0.903. The molecule has 11 rings (SSSR count). The van der Waals surface area contributed by atoms with Gasteiger partial charge in [0.25, 0.3) is 0 Å². The molecule has 0 bridgehead atoms. The van der Waals surface area contributed by atoms with Gasteiger partial charge in [0.1, 0.15) is 22.3 Å². The average Bonchev–Trinajstić information content (AvgIpc) is 3.91. The summed E-state index contributed by atoms with van der Waals surface area (Å²) in [5.74, 6) is 0. The molecule has 3 nitrogen and oxygen atoms in total. The van der Waals surface area contributed by atoms with Crippen molar-refractivity contribution in [2.45, 2.75) is 26.2 Å². The topological polar surface area (TPSA) is 29.5 Å². The monoisotopic (exact) mass is 785 g/mol. The molecule has 0 aliphatic rings. The molecule has 9 aromatic carbocycles. The Labute approximate surface area is 355 Å². The van der Waals surface area contributed by atoms with Gasteiger partial charge in [0, 0.05) is 49.7 Å². The zero-order chi connectivity index (χ0) is 40.7. The molecule has 292 valence electrons. The van der Waals surface area contributed by atoms with Crippen LogP contribution >= 0.6 is 0 Å². The molecule has 2 heterocycles. The first-order valence-corrected chi connectivity index (χ1v) is 21.3. The Hall–Kier alpha value is -7.62. The molecule has 0 amide bonds. The van der Waals surface area contributed by atoms with Gasteiger partial charge >= 0.3 is 0 Å². The summed E-state index contributed by atoms with van der Waals surface area (Å²) in [5.41, 5.74) is 17.4. The van der Waals surface area contributed by atoms with Crippen LogP contribution in [0.25, 0.3) is 88.4 Å². The summed E-state index contributed by atoms with van der Waals surface area (Å²) in [4.78, 5) is 2.33. The molecule has 0 aliphatic heterocycles. The second kappa shape index (κ2) is 15.5. The lowest BCUT2D eigenvalue weighted by atomic mass is 9.99. The molecule has 0 radical (unpaired) electrons. The van der Waals surface area contributed by atoms with Crippen molar-refractivity contribution in [3.63, 3.8) is 0 Å². The Morgan fingerprint density at radius 2 is 0.803 bits per heavy atom. The van der Waals surface area contributed by atoms with E-state index >= 15 is 0 Å². The van der Waals surface area contributed by atoms with Crippen LogP contribution in [0.15, 0.2) is 215 Å². The highest BCUT2D eigenvalue weighted by Crippen LogP contribution is 2.42. The number of unbranched alkanes of at least 4 members (excludes halogenated alkanes) is 1. The van der Waals surface area contributed by atoms with E-state index < -0.39 is 0 Å². The number of benzene rings is 9. The van der Waals surface area contributed by atoms with Gasteiger partial charge in [-0.2, -0.15) is 0 Å². The van der Waals surface area contributed by atoms with Crippen LogP contribution in [-0.2, 0) is 6.42 Å². The van der Waals surface area contributed by atoms with Crippen LogP contribution in [0.4, 0.5) is 17.1 Å². The van der Waals surface area contributed by atoms with E-state index in [0.717, 1.165) is 84.2 Å². The van der Waals surface area contributed by atoms with Crippen LogP contribution in [0.1, 0.15) is 25.3 Å². The number of anilines is 3. The Balaban J connectivity index is 0.960. The van der Waals surface area contributed by atoms with Crippen molar-refractivity contribution in [3.8, 4) is 44.5 Å². The summed E-state index contributed by atoms with van der Waals surface area (Å²) in [6, 6.07) is 73.8. The molecule has 61 heavy (non-hydrogen) atoms. The van der Waals surface area contributed by atoms with E-state index in [2.05, 4.69) is 206 Å². The third-order valence-electron chi connectivity index (χ3n) is 12.1. The number of furan rings is 2. The summed E-state index contributed by atoms with van der Waals surface area (Å²) in [6.45, 7) is 2.24. The molecule has 0 spiro atoms. The van der Waals surface area contributed by atoms with E-state index in [4.69, 9.17) is 8.83 Å². The zero-order valence-electron chi connectivity index (χ0n) is 34.0. The molecule has 0 N–H and O–H groups in total. The van der Waals surface area contributed by atoms with Crippen molar-refractivity contribution in [2.24, 2.45) is 0 Å². The van der Waals surface area contributed by atoms with E-state index in [1.165, 1.54) is 46.0 Å². The normalized spacial score (nSPS) is 11.6. The molecular weight excluding hydrogens is 743 g/mol. The maximum atomic E-state index is 6.56. The van der Waals surface area contributed by atoms with Gasteiger partial charge in [-0.05, 0) is 106 Å². The van der Waals surface area contributed by atoms with Crippen molar-refractivity contribution in [3.05, 3.63) is 212 Å². The highest BCUT2D eigenvalue weighted by Gasteiger charge is 2.18. The summed E-state index contributed by atoms with van der Waals surface area (Å²) in [6.07, 6.45) is 3.45. The Morgan fingerprint density at radius 3 is 1.36 bits per heavy atom. The van der Waals surface area contributed by atoms with Gasteiger partial charge in [0.05, 0.1) is 0 Å². The quantitative estimate of drug-likeness (QED) is 0.138. The zero-order valence-corrected chi connectivity index (χ0v) is 34.0. The molecule has 0 atom stereocenters. The smallest absolute Gasteiger partial charge is 0.143 e. The standard InChI is InChI=1S/C58H43NO2/c1-2-3-11-39-20-37-56-54(38-39)53-18-10-16-50(58(53)61-56)45-29-35-48(36-30-45)59(46-31-25-43(26-32-46)42-23-21-41(22-24-42)40-12-5-4-6-13-40)47-33-27-44(28-34-47)49-15-9-17-52-51-14-7-8-19-55(51)60-57(49)52/h4-10,12-38H,2-3,11H2,1H3. The minimum Gasteiger partial charge on any atom is -0.455 e. The lowest BCUT2D eigenvalue weighted by Gasteiger charge is -2.26. The number of para-hydroxylation sites is 3. The van der Waals surface area contributed by atoms with Crippen molar-refractivity contribution in [2.75, 3.05) is 4.90 Å². The van der Waals surface area contributed by atoms with Crippen molar-refractivity contribution >= 4 is 60.9 Å². The van der Waals surface area contributed by atoms with E-state index in [1.807, 2.05) is 12.1 Å². The van der Waals surface area contributed by atoms with Gasteiger partial charge in [-0.1, -0.05) is 165 Å². The Morgan fingerprint density at radius 1 is 0.361 bits per heavy atom. The van der Waals surface area contributed by atoms with Crippen LogP contribution < -0.4 is 4.90 Å². The average molecular weight is 786 g/mol. The molecule has 3 heteroatoms. The fourth-order valence-corrected chi connectivity index (χ4v) is 8.90. The fraction of sp³-hybridized carbons (Fsp3) is 0.0690. The number of hydrogen-bond donors (Lipinski definition) is 0. The summed E-state index contributed by atoms with van der Waals surface area (Å²) in [7, 11) is 0. The van der Waals surface area contributed by atoms with Crippen LogP contribution in [0.3, 0.4) is 0 Å². The largest absolute Gasteiger partial charge is 0.455 e. The van der Waals surface area contributed by atoms with Gasteiger partial charge in [-0.3, -0.25) is 0 Å². The summed E-state index contributed by atoms with van der Waals surface area (Å²) in [5, 5.41) is 4.60. The van der Waals surface area contributed by atoms with E-state index in [0.29, 0.717) is 0 Å². The van der Waals surface area contributed by atoms with Crippen molar-refractivity contribution < 1.29 is 8.83 Å². The maximum Gasteiger partial charge on any atom is 0.143 e. The highest BCUT2D eigenvalue weighted by atomic mass is 16.3. The number of fused-ring (bicyclic) bond motifs is 6. The van der Waals surface area contributed by atoms with Gasteiger partial charge in [-0.15, -0.1) is 0 Å². The molecule has 2 aromatic heterocycles. The molecule has 0 saturated heterocycles. The first-order chi connectivity index (χ1) is 30.2. The first kappa shape index (κ1) is 36.5. The van der Waals surface area contributed by atoms with Gasteiger partial charge in [0.15, 0.2) is 0 Å². The second-order valence-corrected chi connectivity index (χ2v) is 15.9. The van der Waals surface area contributed by atoms with Gasteiger partial charge < -0.3 is 13.7 Å². The fourth-order valence-electron chi connectivity index (χ4n) is 8.90. The summed E-state index contributed by atoms with van der Waals surface area (Å²) < 4.78 is 13.0. The van der Waals surface area contributed by atoms with Gasteiger partial charge in [0.2, 0.25) is 0 Å². The summed E-state index contributed by atoms with van der Waals surface area (Å²) >= 11 is 0. The van der Waals surface area contributed by atoms with E-state index in [1.54, 1.807) is 0 Å². The van der Waals surface area contributed by atoms with Crippen molar-refractivity contribution in [1.82, 2.24) is 0 Å². The van der Waals surface area contributed by atoms with E-state index in [-0.39, 0.29) is 0 Å². The maximum absolute atomic E-state index is 6.56. The van der Waals surface area contributed by atoms with Crippen LogP contribution in [0.5, 0.6) is 0 Å². The predicted molar refractivity (Wildman–Crippen MR) is 256 cm³/mol. The second-order valence-electron chi connectivity index (χ2n) is 15.9. The van der Waals surface area contributed by atoms with Crippen LogP contribution in [-0.4, -0.2) is 0 Å². The SMILES string of the molecule is CCCCc1ccc2oc3c(-c4ccc(N(c5ccc(-c6ccc(-c7ccccc7)cc6)cc5)c5ccc(-c6cccc7c6oc6ccccc67)cc5)cc4)cccc3c2c1.